The van der Waals surface area contributed by atoms with Gasteiger partial charge in [-0.3, -0.25) is 0 Å². The van der Waals surface area contributed by atoms with Crippen LogP contribution in [0.4, 0.5) is 17.5 Å². The number of rotatable bonds is 4. The van der Waals surface area contributed by atoms with Crippen LogP contribution in [0.5, 0.6) is 0 Å². The number of pyridine rings is 1. The lowest BCUT2D eigenvalue weighted by molar-refractivity contribution is 0.0784. The van der Waals surface area contributed by atoms with Crippen molar-refractivity contribution in [2.24, 2.45) is 11.1 Å². The van der Waals surface area contributed by atoms with E-state index in [0.29, 0.717) is 15.9 Å². The van der Waals surface area contributed by atoms with Crippen molar-refractivity contribution in [1.29, 1.82) is 0 Å². The molecule has 35 heavy (non-hydrogen) atoms. The average Bonchev–Trinajstić information content (AvgIpc) is 3.08. The predicted octanol–water partition coefficient (Wildman–Crippen LogP) is 3.91. The third-order valence-electron chi connectivity index (χ3n) is 7.31. The van der Waals surface area contributed by atoms with Crippen LogP contribution in [0.2, 0.25) is 5.02 Å². The Labute approximate surface area is 214 Å². The number of fused-ring (bicyclic) bond motifs is 1. The van der Waals surface area contributed by atoms with Crippen LogP contribution in [-0.4, -0.2) is 33.1 Å². The van der Waals surface area contributed by atoms with Crippen LogP contribution in [0.3, 0.4) is 0 Å². The molecule has 2 aromatic heterocycles. The summed E-state index contributed by atoms with van der Waals surface area (Å²) in [6, 6.07) is 7.97. The standard InChI is InChI=1S/C25H30ClN7OS/c1-24(2,34)15-4-3-14-12-25(20(27)16(14)11-15)6-9-33(10-7-25)18-13-31-23(22(29)32-18)35-17-5-8-30-21(28)19(17)26/h3-5,8,11,13,20,34H,6-7,9-10,12,27H2,1-2H3,(H2,28,30)(H2,29,32). The predicted molar refractivity (Wildman–Crippen MR) is 140 cm³/mol. The van der Waals surface area contributed by atoms with Crippen LogP contribution in [0.25, 0.3) is 0 Å². The Morgan fingerprint density at radius 3 is 2.57 bits per heavy atom. The fraction of sp³-hybridized carbons (Fsp3) is 0.400. The van der Waals surface area contributed by atoms with Crippen LogP contribution >= 0.6 is 23.4 Å². The molecule has 1 atom stereocenters. The molecule has 8 nitrogen and oxygen atoms in total. The lowest BCUT2D eigenvalue weighted by Crippen LogP contribution is -2.44. The Kier molecular flexibility index (Phi) is 6.07. The number of piperidine rings is 1. The first-order valence-corrected chi connectivity index (χ1v) is 12.8. The highest BCUT2D eigenvalue weighted by molar-refractivity contribution is 7.99. The van der Waals surface area contributed by atoms with Crippen molar-refractivity contribution in [1.82, 2.24) is 15.0 Å². The molecule has 1 aliphatic heterocycles. The van der Waals surface area contributed by atoms with E-state index in [9.17, 15) is 5.11 Å². The third-order valence-corrected chi connectivity index (χ3v) is 8.89. The summed E-state index contributed by atoms with van der Waals surface area (Å²) in [4.78, 5) is 16.1. The molecular formula is C25H30ClN7OS. The number of hydrogen-bond acceptors (Lipinski definition) is 9. The minimum atomic E-state index is -0.883. The van der Waals surface area contributed by atoms with Gasteiger partial charge in [0.2, 0.25) is 0 Å². The highest BCUT2D eigenvalue weighted by Gasteiger charge is 2.46. The molecular weight excluding hydrogens is 482 g/mol. The lowest BCUT2D eigenvalue weighted by atomic mass is 9.73. The number of aliphatic hydroxyl groups is 1. The SMILES string of the molecule is CC(C)(O)c1ccc2c(c1)C(N)C1(CCN(c3cnc(Sc4ccnc(N)c4Cl)c(N)n3)CC1)C2. The molecule has 0 bridgehead atoms. The first-order chi connectivity index (χ1) is 16.6. The molecule has 0 amide bonds. The van der Waals surface area contributed by atoms with Crippen molar-refractivity contribution in [2.75, 3.05) is 29.5 Å². The summed E-state index contributed by atoms with van der Waals surface area (Å²) in [6.07, 6.45) is 6.22. The van der Waals surface area contributed by atoms with Crippen molar-refractivity contribution in [3.05, 3.63) is 58.4 Å². The van der Waals surface area contributed by atoms with Gasteiger partial charge in [-0.1, -0.05) is 41.6 Å². The summed E-state index contributed by atoms with van der Waals surface area (Å²) in [5.74, 6) is 1.38. The van der Waals surface area contributed by atoms with Gasteiger partial charge in [0.25, 0.3) is 0 Å². The molecule has 0 radical (unpaired) electrons. The summed E-state index contributed by atoms with van der Waals surface area (Å²) in [5.41, 5.74) is 21.4. The van der Waals surface area contributed by atoms with Gasteiger partial charge < -0.3 is 27.2 Å². The Morgan fingerprint density at radius 2 is 1.89 bits per heavy atom. The third kappa shape index (κ3) is 4.42. The van der Waals surface area contributed by atoms with E-state index in [0.717, 1.165) is 48.6 Å². The maximum atomic E-state index is 10.4. The smallest absolute Gasteiger partial charge is 0.158 e. The summed E-state index contributed by atoms with van der Waals surface area (Å²) >= 11 is 7.57. The van der Waals surface area contributed by atoms with E-state index in [4.69, 9.17) is 28.8 Å². The molecule has 3 heterocycles. The second kappa shape index (κ2) is 8.81. The second-order valence-electron chi connectivity index (χ2n) is 10.0. The van der Waals surface area contributed by atoms with Gasteiger partial charge >= 0.3 is 0 Å². The van der Waals surface area contributed by atoms with Crippen molar-refractivity contribution in [2.45, 2.75) is 54.7 Å². The largest absolute Gasteiger partial charge is 0.386 e. The molecule has 1 saturated heterocycles. The second-order valence-corrected chi connectivity index (χ2v) is 11.4. The normalized spacial score (nSPS) is 19.2. The zero-order valence-corrected chi connectivity index (χ0v) is 21.4. The van der Waals surface area contributed by atoms with E-state index >= 15 is 0 Å². The molecule has 1 spiro atoms. The molecule has 184 valence electrons. The van der Waals surface area contributed by atoms with Crippen molar-refractivity contribution >= 4 is 40.8 Å². The van der Waals surface area contributed by atoms with Crippen molar-refractivity contribution < 1.29 is 5.11 Å². The highest BCUT2D eigenvalue weighted by atomic mass is 35.5. The average molecular weight is 512 g/mol. The van der Waals surface area contributed by atoms with E-state index in [1.165, 1.54) is 22.9 Å². The van der Waals surface area contributed by atoms with Gasteiger partial charge in [-0.15, -0.1) is 0 Å². The maximum Gasteiger partial charge on any atom is 0.158 e. The zero-order valence-electron chi connectivity index (χ0n) is 19.8. The first kappa shape index (κ1) is 24.1. The lowest BCUT2D eigenvalue weighted by Gasteiger charge is -2.42. The van der Waals surface area contributed by atoms with Crippen LogP contribution in [-0.2, 0) is 12.0 Å². The Balaban J connectivity index is 1.29. The molecule has 1 aromatic carbocycles. The van der Waals surface area contributed by atoms with Crippen LogP contribution < -0.4 is 22.1 Å². The summed E-state index contributed by atoms with van der Waals surface area (Å²) < 4.78 is 0. The van der Waals surface area contributed by atoms with Gasteiger partial charge in [-0.2, -0.15) is 0 Å². The molecule has 10 heteroatoms. The van der Waals surface area contributed by atoms with E-state index < -0.39 is 5.60 Å². The summed E-state index contributed by atoms with van der Waals surface area (Å²) in [7, 11) is 0. The van der Waals surface area contributed by atoms with Gasteiger partial charge in [-0.05, 0) is 61.3 Å². The summed E-state index contributed by atoms with van der Waals surface area (Å²) in [6.45, 7) is 5.27. The van der Waals surface area contributed by atoms with E-state index in [-0.39, 0.29) is 17.3 Å². The maximum absolute atomic E-state index is 10.4. The number of nitrogens with two attached hydrogens (primary N) is 3. The fourth-order valence-electron chi connectivity index (χ4n) is 5.15. The molecule has 0 saturated carbocycles. The quantitative estimate of drug-likeness (QED) is 0.410. The van der Waals surface area contributed by atoms with Gasteiger partial charge in [-0.25, -0.2) is 15.0 Å². The van der Waals surface area contributed by atoms with Crippen LogP contribution in [0.15, 0.2) is 46.6 Å². The number of hydrogen-bond donors (Lipinski definition) is 4. The van der Waals surface area contributed by atoms with Crippen LogP contribution in [0, 0.1) is 5.41 Å². The number of halogens is 1. The van der Waals surface area contributed by atoms with Crippen LogP contribution in [0.1, 0.15) is 49.4 Å². The van der Waals surface area contributed by atoms with Crippen molar-refractivity contribution in [3.8, 4) is 0 Å². The highest BCUT2D eigenvalue weighted by Crippen LogP contribution is 2.51. The molecule has 3 aromatic rings. The minimum absolute atomic E-state index is 0.0177. The molecule has 1 unspecified atom stereocenters. The molecule has 2 aliphatic rings. The monoisotopic (exact) mass is 511 g/mol. The number of nitrogens with zero attached hydrogens (tertiary/aromatic N) is 4. The fourth-order valence-corrected chi connectivity index (χ4v) is 6.17. The van der Waals surface area contributed by atoms with E-state index in [2.05, 4.69) is 32.0 Å². The molecule has 1 aliphatic carbocycles. The molecule has 1 fully saturated rings. The zero-order chi connectivity index (χ0) is 25.0. The van der Waals surface area contributed by atoms with Gasteiger partial charge in [0.1, 0.15) is 16.7 Å². The first-order valence-electron chi connectivity index (χ1n) is 11.6. The topological polar surface area (TPSA) is 140 Å². The van der Waals surface area contributed by atoms with Gasteiger partial charge in [0, 0.05) is 30.2 Å². The van der Waals surface area contributed by atoms with Gasteiger partial charge in [0.05, 0.1) is 16.8 Å². The van der Waals surface area contributed by atoms with E-state index in [1.807, 2.05) is 6.07 Å². The molecule has 5 rings (SSSR count). The number of benzene rings is 1. The Hall–Kier alpha value is -2.59. The number of nitrogen functional groups attached to an aromatic ring is 2. The Bertz CT molecular complexity index is 1270. The molecule has 7 N–H and O–H groups in total. The van der Waals surface area contributed by atoms with Gasteiger partial charge in [0.15, 0.2) is 5.82 Å². The summed E-state index contributed by atoms with van der Waals surface area (Å²) in [5, 5.41) is 11.4. The minimum Gasteiger partial charge on any atom is -0.386 e. The van der Waals surface area contributed by atoms with Crippen molar-refractivity contribution in [3.63, 3.8) is 0 Å². The van der Waals surface area contributed by atoms with E-state index in [1.54, 1.807) is 32.3 Å². The Morgan fingerprint density at radius 1 is 1.14 bits per heavy atom. The number of aromatic nitrogens is 3. The number of anilines is 3.